The van der Waals surface area contributed by atoms with Crippen LogP contribution in [0.2, 0.25) is 0 Å². The lowest BCUT2D eigenvalue weighted by atomic mass is 9.80. The first-order chi connectivity index (χ1) is 9.85. The highest BCUT2D eigenvalue weighted by atomic mass is 16.5. The summed E-state index contributed by atoms with van der Waals surface area (Å²) in [5.74, 6) is 0.828. The van der Waals surface area contributed by atoms with Gasteiger partial charge in [-0.05, 0) is 56.2 Å². The average molecular weight is 275 g/mol. The summed E-state index contributed by atoms with van der Waals surface area (Å²) in [6.45, 7) is 6.98. The highest BCUT2D eigenvalue weighted by molar-refractivity contribution is 5.28. The minimum Gasteiger partial charge on any atom is -0.382 e. The molecule has 1 fully saturated rings. The van der Waals surface area contributed by atoms with Crippen molar-refractivity contribution in [1.29, 1.82) is 0 Å². The van der Waals surface area contributed by atoms with E-state index in [1.165, 1.54) is 36.8 Å². The van der Waals surface area contributed by atoms with Gasteiger partial charge in [-0.2, -0.15) is 0 Å². The van der Waals surface area contributed by atoms with Crippen LogP contribution in [0.5, 0.6) is 0 Å². The molecule has 0 amide bonds. The summed E-state index contributed by atoms with van der Waals surface area (Å²) in [7, 11) is 0. The van der Waals surface area contributed by atoms with Gasteiger partial charge in [0.25, 0.3) is 0 Å². The monoisotopic (exact) mass is 275 g/mol. The molecule has 1 unspecified atom stereocenters. The highest BCUT2D eigenvalue weighted by Gasteiger charge is 2.19. The van der Waals surface area contributed by atoms with Gasteiger partial charge in [-0.3, -0.25) is 0 Å². The molecular formula is C18H29NO. The van der Waals surface area contributed by atoms with Crippen molar-refractivity contribution in [3.63, 3.8) is 0 Å². The molecular weight excluding hydrogens is 246 g/mol. The second-order valence-corrected chi connectivity index (χ2v) is 5.79. The number of benzene rings is 1. The molecule has 1 atom stereocenters. The van der Waals surface area contributed by atoms with Crippen LogP contribution in [-0.4, -0.2) is 19.8 Å². The smallest absolute Gasteiger partial charge is 0.0484 e. The Morgan fingerprint density at radius 1 is 1.20 bits per heavy atom. The van der Waals surface area contributed by atoms with Gasteiger partial charge in [-0.15, -0.1) is 0 Å². The van der Waals surface area contributed by atoms with Crippen LogP contribution in [0.15, 0.2) is 24.3 Å². The number of nitrogens with one attached hydrogen (secondary N) is 1. The van der Waals surface area contributed by atoms with E-state index in [0.29, 0.717) is 6.04 Å². The van der Waals surface area contributed by atoms with Crippen molar-refractivity contribution >= 4 is 0 Å². The van der Waals surface area contributed by atoms with Gasteiger partial charge in [0.15, 0.2) is 0 Å². The van der Waals surface area contributed by atoms with Crippen molar-refractivity contribution in [3.8, 4) is 0 Å². The van der Waals surface area contributed by atoms with Crippen molar-refractivity contribution in [1.82, 2.24) is 5.32 Å². The molecule has 0 saturated heterocycles. The Bertz CT molecular complexity index is 370. The van der Waals surface area contributed by atoms with Crippen LogP contribution in [0.4, 0.5) is 0 Å². The van der Waals surface area contributed by atoms with Crippen molar-refractivity contribution in [3.05, 3.63) is 35.4 Å². The third-order valence-corrected chi connectivity index (χ3v) is 4.31. The van der Waals surface area contributed by atoms with E-state index in [2.05, 4.69) is 43.4 Å². The van der Waals surface area contributed by atoms with Crippen LogP contribution in [0.3, 0.4) is 0 Å². The predicted molar refractivity (Wildman–Crippen MR) is 85.2 cm³/mol. The summed E-state index contributed by atoms with van der Waals surface area (Å²) >= 11 is 0. The maximum Gasteiger partial charge on any atom is 0.0484 e. The standard InChI is InChI=1S/C18H29NO/c1-3-13-19-18(12-14-20-4-2)17-10-8-16(9-11-17)15-6-5-7-15/h8-11,15,18-19H,3-7,12-14H2,1-2H3. The molecule has 2 nitrogen and oxygen atoms in total. The summed E-state index contributed by atoms with van der Waals surface area (Å²) in [4.78, 5) is 0. The maximum absolute atomic E-state index is 5.51. The minimum absolute atomic E-state index is 0.428. The van der Waals surface area contributed by atoms with Crippen LogP contribution >= 0.6 is 0 Å². The molecule has 0 radical (unpaired) electrons. The molecule has 1 saturated carbocycles. The van der Waals surface area contributed by atoms with Crippen LogP contribution in [0, 0.1) is 0 Å². The van der Waals surface area contributed by atoms with Crippen LogP contribution < -0.4 is 5.32 Å². The zero-order chi connectivity index (χ0) is 14.2. The van der Waals surface area contributed by atoms with E-state index in [9.17, 15) is 0 Å². The lowest BCUT2D eigenvalue weighted by Gasteiger charge is -2.26. The molecule has 0 spiro atoms. The van der Waals surface area contributed by atoms with Gasteiger partial charge in [-0.25, -0.2) is 0 Å². The minimum atomic E-state index is 0.428. The number of ether oxygens (including phenoxy) is 1. The lowest BCUT2D eigenvalue weighted by molar-refractivity contribution is 0.136. The summed E-state index contributed by atoms with van der Waals surface area (Å²) in [5.41, 5.74) is 2.93. The van der Waals surface area contributed by atoms with Gasteiger partial charge >= 0.3 is 0 Å². The number of hydrogen-bond donors (Lipinski definition) is 1. The second-order valence-electron chi connectivity index (χ2n) is 5.79. The molecule has 1 aromatic rings. The Kier molecular flexibility index (Phi) is 6.55. The topological polar surface area (TPSA) is 21.3 Å². The van der Waals surface area contributed by atoms with E-state index in [1.54, 1.807) is 0 Å². The van der Waals surface area contributed by atoms with E-state index in [-0.39, 0.29) is 0 Å². The van der Waals surface area contributed by atoms with Gasteiger partial charge in [0, 0.05) is 19.3 Å². The Hall–Kier alpha value is -0.860. The first-order valence-electron chi connectivity index (χ1n) is 8.26. The molecule has 1 aliphatic rings. The van der Waals surface area contributed by atoms with Crippen molar-refractivity contribution in [2.45, 2.75) is 57.9 Å². The fraction of sp³-hybridized carbons (Fsp3) is 0.667. The summed E-state index contributed by atoms with van der Waals surface area (Å²) in [6, 6.07) is 9.72. The highest BCUT2D eigenvalue weighted by Crippen LogP contribution is 2.36. The van der Waals surface area contributed by atoms with Gasteiger partial charge in [-0.1, -0.05) is 37.6 Å². The Labute approximate surface area is 123 Å². The normalized spacial score (nSPS) is 16.9. The molecule has 1 N–H and O–H groups in total. The lowest BCUT2D eigenvalue weighted by Crippen LogP contribution is -2.23. The van der Waals surface area contributed by atoms with Crippen molar-refractivity contribution in [2.75, 3.05) is 19.8 Å². The molecule has 20 heavy (non-hydrogen) atoms. The fourth-order valence-corrected chi connectivity index (χ4v) is 2.79. The predicted octanol–water partition coefficient (Wildman–Crippen LogP) is 4.42. The van der Waals surface area contributed by atoms with Crippen molar-refractivity contribution in [2.24, 2.45) is 0 Å². The molecule has 0 aromatic heterocycles. The molecule has 1 aromatic carbocycles. The van der Waals surface area contributed by atoms with Crippen LogP contribution in [0.25, 0.3) is 0 Å². The van der Waals surface area contributed by atoms with Crippen LogP contribution in [-0.2, 0) is 4.74 Å². The first-order valence-corrected chi connectivity index (χ1v) is 8.26. The van der Waals surface area contributed by atoms with Gasteiger partial charge in [0.05, 0.1) is 0 Å². The quantitative estimate of drug-likeness (QED) is 0.674. The van der Waals surface area contributed by atoms with Gasteiger partial charge in [0.2, 0.25) is 0 Å². The van der Waals surface area contributed by atoms with Gasteiger partial charge < -0.3 is 10.1 Å². The molecule has 1 aliphatic carbocycles. The largest absolute Gasteiger partial charge is 0.382 e. The second kappa shape index (κ2) is 8.43. The summed E-state index contributed by atoms with van der Waals surface area (Å²) in [5, 5.41) is 3.64. The van der Waals surface area contributed by atoms with E-state index >= 15 is 0 Å². The van der Waals surface area contributed by atoms with E-state index in [1.807, 2.05) is 0 Å². The van der Waals surface area contributed by atoms with Crippen molar-refractivity contribution < 1.29 is 4.74 Å². The summed E-state index contributed by atoms with van der Waals surface area (Å²) in [6.07, 6.45) is 6.38. The number of rotatable bonds is 9. The molecule has 0 bridgehead atoms. The Morgan fingerprint density at radius 2 is 1.95 bits per heavy atom. The average Bonchev–Trinajstić information content (AvgIpc) is 2.42. The molecule has 2 rings (SSSR count). The molecule has 0 heterocycles. The zero-order valence-electron chi connectivity index (χ0n) is 13.0. The molecule has 0 aliphatic heterocycles. The van der Waals surface area contributed by atoms with Crippen LogP contribution in [0.1, 0.15) is 69.0 Å². The maximum atomic E-state index is 5.51. The SMILES string of the molecule is CCCNC(CCOCC)c1ccc(C2CCC2)cc1. The van der Waals surface area contributed by atoms with Gasteiger partial charge in [0.1, 0.15) is 0 Å². The van der Waals surface area contributed by atoms with E-state index < -0.39 is 0 Å². The summed E-state index contributed by atoms with van der Waals surface area (Å²) < 4.78 is 5.51. The zero-order valence-corrected chi connectivity index (χ0v) is 13.0. The first kappa shape index (κ1) is 15.5. The molecule has 112 valence electrons. The molecule has 2 heteroatoms. The Balaban J connectivity index is 1.94. The number of hydrogen-bond acceptors (Lipinski definition) is 2. The van der Waals surface area contributed by atoms with E-state index in [4.69, 9.17) is 4.74 Å². The third kappa shape index (κ3) is 4.32. The fourth-order valence-electron chi connectivity index (χ4n) is 2.79. The Morgan fingerprint density at radius 3 is 2.50 bits per heavy atom. The van der Waals surface area contributed by atoms with E-state index in [0.717, 1.165) is 32.1 Å². The third-order valence-electron chi connectivity index (χ3n) is 4.31.